The molecule has 0 fully saturated rings. The summed E-state index contributed by atoms with van der Waals surface area (Å²) in [6, 6.07) is 19.0. The van der Waals surface area contributed by atoms with Crippen molar-refractivity contribution in [3.63, 3.8) is 0 Å². The second kappa shape index (κ2) is 5.98. The van der Waals surface area contributed by atoms with E-state index in [9.17, 15) is 4.79 Å². The molecule has 0 aliphatic carbocycles. The van der Waals surface area contributed by atoms with Crippen LogP contribution in [0.5, 0.6) is 5.75 Å². The van der Waals surface area contributed by atoms with E-state index in [-0.39, 0.29) is 5.91 Å². The van der Waals surface area contributed by atoms with E-state index in [4.69, 9.17) is 9.15 Å². The molecule has 0 unspecified atom stereocenters. The molecule has 0 aliphatic heterocycles. The van der Waals surface area contributed by atoms with Gasteiger partial charge in [0, 0.05) is 22.4 Å². The number of fused-ring (bicyclic) bond motifs is 3. The molecule has 0 spiro atoms. The van der Waals surface area contributed by atoms with Gasteiger partial charge in [0.1, 0.15) is 16.9 Å². The van der Waals surface area contributed by atoms with Crippen LogP contribution in [-0.2, 0) is 0 Å². The van der Waals surface area contributed by atoms with Crippen LogP contribution in [0.4, 0.5) is 5.69 Å². The Hall–Kier alpha value is -3.27. The fourth-order valence-corrected chi connectivity index (χ4v) is 2.92. The van der Waals surface area contributed by atoms with Crippen LogP contribution >= 0.6 is 0 Å². The minimum absolute atomic E-state index is 0.186. The van der Waals surface area contributed by atoms with E-state index < -0.39 is 0 Å². The van der Waals surface area contributed by atoms with Crippen LogP contribution in [0.1, 0.15) is 15.9 Å². The first-order valence-electron chi connectivity index (χ1n) is 8.03. The number of hydrogen-bond donors (Lipinski definition) is 1. The number of para-hydroxylation sites is 1. The van der Waals surface area contributed by atoms with Gasteiger partial charge in [-0.15, -0.1) is 0 Å². The van der Waals surface area contributed by atoms with Gasteiger partial charge in [-0.25, -0.2) is 0 Å². The van der Waals surface area contributed by atoms with E-state index in [1.54, 1.807) is 25.3 Å². The summed E-state index contributed by atoms with van der Waals surface area (Å²) in [4.78, 5) is 12.5. The highest BCUT2D eigenvalue weighted by Gasteiger charge is 2.14. The molecule has 4 rings (SSSR count). The van der Waals surface area contributed by atoms with Gasteiger partial charge in [0.05, 0.1) is 12.8 Å². The molecule has 0 saturated carbocycles. The third-order valence-electron chi connectivity index (χ3n) is 4.26. The lowest BCUT2D eigenvalue weighted by Gasteiger charge is -2.10. The van der Waals surface area contributed by atoms with Crippen LogP contribution in [0.25, 0.3) is 21.9 Å². The van der Waals surface area contributed by atoms with Gasteiger partial charge in [-0.1, -0.05) is 35.9 Å². The number of methoxy groups -OCH3 is 1. The monoisotopic (exact) mass is 331 g/mol. The summed E-state index contributed by atoms with van der Waals surface area (Å²) in [6.45, 7) is 1.99. The Balaban J connectivity index is 1.76. The predicted molar refractivity (Wildman–Crippen MR) is 99.4 cm³/mol. The number of furan rings is 1. The first-order chi connectivity index (χ1) is 12.2. The lowest BCUT2D eigenvalue weighted by atomic mass is 10.1. The first-order valence-corrected chi connectivity index (χ1v) is 8.03. The molecule has 0 aliphatic rings. The van der Waals surface area contributed by atoms with E-state index in [2.05, 4.69) is 5.32 Å². The summed E-state index contributed by atoms with van der Waals surface area (Å²) in [5.74, 6) is 0.410. The topological polar surface area (TPSA) is 51.5 Å². The van der Waals surface area contributed by atoms with Crippen LogP contribution in [0, 0.1) is 6.92 Å². The maximum absolute atomic E-state index is 12.5. The molecular weight excluding hydrogens is 314 g/mol. The number of hydrogen-bond acceptors (Lipinski definition) is 3. The zero-order valence-corrected chi connectivity index (χ0v) is 14.0. The average Bonchev–Trinajstić information content (AvgIpc) is 2.99. The van der Waals surface area contributed by atoms with Gasteiger partial charge in [0.15, 0.2) is 0 Å². The van der Waals surface area contributed by atoms with Gasteiger partial charge >= 0.3 is 0 Å². The van der Waals surface area contributed by atoms with E-state index >= 15 is 0 Å². The van der Waals surface area contributed by atoms with Gasteiger partial charge in [-0.3, -0.25) is 4.79 Å². The number of nitrogens with one attached hydrogen (secondary N) is 1. The molecule has 124 valence electrons. The van der Waals surface area contributed by atoms with Crippen molar-refractivity contribution < 1.29 is 13.9 Å². The molecule has 4 nitrogen and oxygen atoms in total. The number of anilines is 1. The fraction of sp³-hybridized carbons (Fsp3) is 0.0952. The summed E-state index contributed by atoms with van der Waals surface area (Å²) in [7, 11) is 1.59. The Bertz CT molecular complexity index is 1080. The van der Waals surface area contributed by atoms with Crippen LogP contribution < -0.4 is 10.1 Å². The zero-order valence-electron chi connectivity index (χ0n) is 14.0. The third-order valence-corrected chi connectivity index (χ3v) is 4.26. The van der Waals surface area contributed by atoms with E-state index in [0.29, 0.717) is 22.6 Å². The normalized spacial score (nSPS) is 11.0. The minimum atomic E-state index is -0.186. The number of aryl methyl sites for hydroxylation is 1. The Morgan fingerprint density at radius 2 is 1.72 bits per heavy atom. The molecule has 4 aromatic rings. The van der Waals surface area contributed by atoms with Crippen molar-refractivity contribution >= 4 is 33.5 Å². The van der Waals surface area contributed by atoms with E-state index in [1.165, 1.54) is 0 Å². The molecule has 1 amide bonds. The highest BCUT2D eigenvalue weighted by atomic mass is 16.5. The summed E-state index contributed by atoms with van der Waals surface area (Å²) in [5.41, 5.74) is 3.80. The molecule has 4 heteroatoms. The second-order valence-corrected chi connectivity index (χ2v) is 5.97. The summed E-state index contributed by atoms with van der Waals surface area (Å²) < 4.78 is 11.4. The molecule has 1 heterocycles. The van der Waals surface area contributed by atoms with Crippen LogP contribution in [0.3, 0.4) is 0 Å². The second-order valence-electron chi connectivity index (χ2n) is 5.97. The number of benzene rings is 3. The average molecular weight is 331 g/mol. The summed E-state index contributed by atoms with van der Waals surface area (Å²) in [6.07, 6.45) is 0. The number of ether oxygens (including phenoxy) is 1. The first kappa shape index (κ1) is 15.3. The molecule has 0 bridgehead atoms. The largest absolute Gasteiger partial charge is 0.495 e. The molecule has 1 aromatic heterocycles. The van der Waals surface area contributed by atoms with Crippen LogP contribution in [-0.4, -0.2) is 13.0 Å². The van der Waals surface area contributed by atoms with Crippen LogP contribution in [0.2, 0.25) is 0 Å². The minimum Gasteiger partial charge on any atom is -0.495 e. The standard InChI is InChI=1S/C21H17NO3/c1-13-7-9-14(10-8-13)21(23)22-17-12-19-16(11-20(17)24-2)15-5-3-4-6-18(15)25-19/h3-12H,1-2H3,(H,22,23). The van der Waals surface area contributed by atoms with Crippen molar-refractivity contribution in [2.45, 2.75) is 6.92 Å². The van der Waals surface area contributed by atoms with Crippen LogP contribution in [0.15, 0.2) is 65.1 Å². The van der Waals surface area contributed by atoms with E-state index in [0.717, 1.165) is 21.9 Å². The van der Waals surface area contributed by atoms with Crippen molar-refractivity contribution in [3.05, 3.63) is 71.8 Å². The van der Waals surface area contributed by atoms with E-state index in [1.807, 2.05) is 49.4 Å². The van der Waals surface area contributed by atoms with Crippen molar-refractivity contribution in [3.8, 4) is 5.75 Å². The smallest absolute Gasteiger partial charge is 0.255 e. The highest BCUT2D eigenvalue weighted by molar-refractivity contribution is 6.10. The number of amides is 1. The van der Waals surface area contributed by atoms with Gasteiger partial charge < -0.3 is 14.5 Å². The van der Waals surface area contributed by atoms with Crippen molar-refractivity contribution in [2.75, 3.05) is 12.4 Å². The highest BCUT2D eigenvalue weighted by Crippen LogP contribution is 2.36. The number of carbonyl (C=O) groups is 1. The molecule has 25 heavy (non-hydrogen) atoms. The van der Waals surface area contributed by atoms with Gasteiger partial charge in [0.25, 0.3) is 5.91 Å². The summed E-state index contributed by atoms with van der Waals surface area (Å²) in [5, 5.41) is 4.89. The Morgan fingerprint density at radius 3 is 2.48 bits per heavy atom. The lowest BCUT2D eigenvalue weighted by Crippen LogP contribution is -2.12. The molecule has 3 aromatic carbocycles. The van der Waals surface area contributed by atoms with Crippen molar-refractivity contribution in [1.82, 2.24) is 0 Å². The molecule has 0 atom stereocenters. The number of carbonyl (C=O) groups excluding carboxylic acids is 1. The quantitative estimate of drug-likeness (QED) is 0.564. The summed E-state index contributed by atoms with van der Waals surface area (Å²) >= 11 is 0. The zero-order chi connectivity index (χ0) is 17.4. The predicted octanol–water partition coefficient (Wildman–Crippen LogP) is 5.16. The Kier molecular flexibility index (Phi) is 3.65. The fourth-order valence-electron chi connectivity index (χ4n) is 2.92. The lowest BCUT2D eigenvalue weighted by molar-refractivity contribution is 0.102. The van der Waals surface area contributed by atoms with Gasteiger partial charge in [0.2, 0.25) is 0 Å². The molecule has 0 radical (unpaired) electrons. The maximum atomic E-state index is 12.5. The molecule has 0 saturated heterocycles. The van der Waals surface area contributed by atoms with Crippen molar-refractivity contribution in [1.29, 1.82) is 0 Å². The Morgan fingerprint density at radius 1 is 0.960 bits per heavy atom. The SMILES string of the molecule is COc1cc2c(cc1NC(=O)c1ccc(C)cc1)oc1ccccc12. The molecule has 1 N–H and O–H groups in total. The Labute approximate surface area is 145 Å². The van der Waals surface area contributed by atoms with Gasteiger partial charge in [-0.2, -0.15) is 0 Å². The maximum Gasteiger partial charge on any atom is 0.255 e. The number of rotatable bonds is 3. The van der Waals surface area contributed by atoms with Gasteiger partial charge in [-0.05, 0) is 31.2 Å². The molecular formula is C21H17NO3. The van der Waals surface area contributed by atoms with Crippen molar-refractivity contribution in [2.24, 2.45) is 0 Å². The third kappa shape index (κ3) is 2.72.